The first kappa shape index (κ1) is 29.3. The summed E-state index contributed by atoms with van der Waals surface area (Å²) in [5.74, 6) is 2.58. The van der Waals surface area contributed by atoms with Crippen LogP contribution in [0.3, 0.4) is 0 Å². The van der Waals surface area contributed by atoms with Crippen LogP contribution in [0.25, 0.3) is 10.9 Å². The number of aryl methyl sites for hydroxylation is 1. The van der Waals surface area contributed by atoms with Gasteiger partial charge in [0.2, 0.25) is 11.8 Å². The van der Waals surface area contributed by atoms with Crippen molar-refractivity contribution in [3.63, 3.8) is 0 Å². The second-order valence-electron chi connectivity index (χ2n) is 12.3. The maximum absolute atomic E-state index is 12.6. The first-order valence-electron chi connectivity index (χ1n) is 14.7. The quantitative estimate of drug-likeness (QED) is 0.407. The van der Waals surface area contributed by atoms with Crippen molar-refractivity contribution in [3.05, 3.63) is 55.0 Å². The predicted octanol–water partition coefficient (Wildman–Crippen LogP) is 4.72. The molecule has 3 aromatic rings. The molecule has 4 heterocycles. The monoisotopic (exact) mass is 571 g/mol. The average Bonchev–Trinajstić information content (AvgIpc) is 2.97. The van der Waals surface area contributed by atoms with Crippen molar-refractivity contribution in [1.29, 1.82) is 0 Å². The van der Waals surface area contributed by atoms with Crippen LogP contribution < -0.4 is 15.0 Å². The molecule has 0 saturated carbocycles. The third-order valence-corrected chi connectivity index (χ3v) is 7.80. The molecule has 2 aromatic heterocycles. The van der Waals surface area contributed by atoms with E-state index in [0.717, 1.165) is 59.7 Å². The average molecular weight is 572 g/mol. The molecule has 2 saturated heterocycles. The summed E-state index contributed by atoms with van der Waals surface area (Å²) in [4.78, 5) is 44.0. The summed E-state index contributed by atoms with van der Waals surface area (Å²) in [6.45, 7) is 16.0. The van der Waals surface area contributed by atoms with Gasteiger partial charge >= 0.3 is 0 Å². The first-order chi connectivity index (χ1) is 20.1. The smallest absolute Gasteiger partial charge is 0.246 e. The lowest BCUT2D eigenvalue weighted by molar-refractivity contribution is -0.134. The molecule has 0 spiro atoms. The maximum Gasteiger partial charge on any atom is 0.246 e. The molecule has 0 unspecified atom stereocenters. The number of carbonyl (C=O) groups is 2. The van der Waals surface area contributed by atoms with Crippen molar-refractivity contribution in [2.45, 2.75) is 53.1 Å². The molecule has 0 aliphatic carbocycles. The van der Waals surface area contributed by atoms with Gasteiger partial charge in [-0.2, -0.15) is 0 Å². The number of ether oxygens (including phenoxy) is 1. The van der Waals surface area contributed by atoms with Crippen molar-refractivity contribution in [3.8, 4) is 5.75 Å². The number of hydrogen-bond donors (Lipinski definition) is 1. The minimum atomic E-state index is -0.0406. The minimum absolute atomic E-state index is 0.00156. The molecular weight excluding hydrogens is 530 g/mol. The van der Waals surface area contributed by atoms with E-state index in [1.807, 2.05) is 30.0 Å². The Kier molecular flexibility index (Phi) is 8.61. The van der Waals surface area contributed by atoms with E-state index in [9.17, 15) is 9.59 Å². The molecule has 1 aromatic carbocycles. The van der Waals surface area contributed by atoms with Gasteiger partial charge in [-0.25, -0.2) is 15.0 Å². The summed E-state index contributed by atoms with van der Waals surface area (Å²) in [7, 11) is 0. The van der Waals surface area contributed by atoms with Crippen LogP contribution in [0.4, 0.5) is 17.3 Å². The van der Waals surface area contributed by atoms with E-state index in [-0.39, 0.29) is 23.3 Å². The number of nitrogens with zero attached hydrogens (tertiary/aromatic N) is 6. The van der Waals surface area contributed by atoms with E-state index in [4.69, 9.17) is 4.74 Å². The normalized spacial score (nSPS) is 16.4. The topological polar surface area (TPSA) is 104 Å². The molecule has 0 bridgehead atoms. The maximum atomic E-state index is 12.6. The van der Waals surface area contributed by atoms with Crippen LogP contribution in [0.2, 0.25) is 0 Å². The highest BCUT2D eigenvalue weighted by molar-refractivity contribution is 5.92. The lowest BCUT2D eigenvalue weighted by Crippen LogP contribution is -2.48. The number of amides is 2. The molecule has 0 atom stereocenters. The van der Waals surface area contributed by atoms with Gasteiger partial charge in [-0.05, 0) is 48.2 Å². The van der Waals surface area contributed by atoms with E-state index in [2.05, 4.69) is 58.6 Å². The Balaban J connectivity index is 1.22. The molecule has 0 radical (unpaired) electrons. The van der Waals surface area contributed by atoms with Gasteiger partial charge in [-0.3, -0.25) is 9.59 Å². The SMILES string of the molecule is C=CC(=O)N1CCN(c2cc3c(Nc4ccc(OC5CCN(C(=O)CC(C)(C)C)CC5)c(C)c4)ncnc3cn2)CC1. The Morgan fingerprint density at radius 3 is 2.43 bits per heavy atom. The summed E-state index contributed by atoms with van der Waals surface area (Å²) in [6.07, 6.45) is 6.99. The molecule has 222 valence electrons. The zero-order chi connectivity index (χ0) is 29.9. The number of piperidine rings is 1. The van der Waals surface area contributed by atoms with Gasteiger partial charge in [0.15, 0.2) is 0 Å². The van der Waals surface area contributed by atoms with Crippen molar-refractivity contribution in [2.24, 2.45) is 5.41 Å². The van der Waals surface area contributed by atoms with Crippen molar-refractivity contribution in [2.75, 3.05) is 49.5 Å². The molecule has 5 rings (SSSR count). The van der Waals surface area contributed by atoms with Crippen molar-refractivity contribution in [1.82, 2.24) is 24.8 Å². The molecule has 42 heavy (non-hydrogen) atoms. The third kappa shape index (κ3) is 6.98. The summed E-state index contributed by atoms with van der Waals surface area (Å²) in [5, 5.41) is 4.33. The highest BCUT2D eigenvalue weighted by atomic mass is 16.5. The standard InChI is InChI=1S/C32H41N7O3/c1-6-29(40)39-15-13-37(14-16-39)28-18-25-26(20-33-28)34-21-35-31(25)36-23-7-8-27(22(2)17-23)42-24-9-11-38(12-10-24)30(41)19-32(3,4)5/h6-8,17-18,20-21,24H,1,9-16,19H2,2-5H3,(H,34,35,36). The highest BCUT2D eigenvalue weighted by Gasteiger charge is 2.27. The second-order valence-corrected chi connectivity index (χ2v) is 12.3. The third-order valence-electron chi connectivity index (χ3n) is 7.80. The summed E-state index contributed by atoms with van der Waals surface area (Å²) < 4.78 is 6.37. The molecule has 10 heteroatoms. The fourth-order valence-electron chi connectivity index (χ4n) is 5.47. The van der Waals surface area contributed by atoms with E-state index < -0.39 is 0 Å². The molecule has 10 nitrogen and oxygen atoms in total. The number of piperazine rings is 1. The predicted molar refractivity (Wildman–Crippen MR) is 165 cm³/mol. The lowest BCUT2D eigenvalue weighted by Gasteiger charge is -2.35. The van der Waals surface area contributed by atoms with Crippen LogP contribution in [-0.2, 0) is 9.59 Å². The van der Waals surface area contributed by atoms with Crippen LogP contribution in [-0.4, -0.2) is 81.9 Å². The van der Waals surface area contributed by atoms with E-state index in [1.54, 1.807) is 11.1 Å². The minimum Gasteiger partial charge on any atom is -0.490 e. The zero-order valence-corrected chi connectivity index (χ0v) is 25.1. The number of fused-ring (bicyclic) bond motifs is 1. The molecular formula is C32H41N7O3. The fraction of sp³-hybridized carbons (Fsp3) is 0.469. The van der Waals surface area contributed by atoms with Crippen LogP contribution in [0.15, 0.2) is 49.4 Å². The highest BCUT2D eigenvalue weighted by Crippen LogP contribution is 2.30. The van der Waals surface area contributed by atoms with E-state index >= 15 is 0 Å². The molecule has 2 amide bonds. The number of anilines is 3. The lowest BCUT2D eigenvalue weighted by atomic mass is 9.91. The second kappa shape index (κ2) is 12.3. The number of likely N-dealkylation sites (tertiary alicyclic amines) is 1. The Morgan fingerprint density at radius 1 is 1.02 bits per heavy atom. The van der Waals surface area contributed by atoms with Crippen molar-refractivity contribution < 1.29 is 14.3 Å². The van der Waals surface area contributed by atoms with Gasteiger partial charge in [-0.1, -0.05) is 27.4 Å². The zero-order valence-electron chi connectivity index (χ0n) is 25.1. The van der Waals surface area contributed by atoms with Gasteiger partial charge in [0.25, 0.3) is 0 Å². The summed E-state index contributed by atoms with van der Waals surface area (Å²) >= 11 is 0. The Morgan fingerprint density at radius 2 is 1.76 bits per heavy atom. The number of benzene rings is 1. The van der Waals surface area contributed by atoms with Gasteiger partial charge in [0, 0.05) is 69.6 Å². The molecule has 2 aliphatic heterocycles. The summed E-state index contributed by atoms with van der Waals surface area (Å²) in [5.41, 5.74) is 2.68. The van der Waals surface area contributed by atoms with E-state index in [0.29, 0.717) is 38.4 Å². The number of carbonyl (C=O) groups excluding carboxylic acids is 2. The first-order valence-corrected chi connectivity index (χ1v) is 14.7. The number of pyridine rings is 1. The van der Waals surface area contributed by atoms with E-state index in [1.165, 1.54) is 12.4 Å². The molecule has 2 aliphatic rings. The number of hydrogen-bond acceptors (Lipinski definition) is 8. The van der Waals surface area contributed by atoms with Crippen LogP contribution in [0, 0.1) is 12.3 Å². The molecule has 2 fully saturated rings. The van der Waals surface area contributed by atoms with Crippen molar-refractivity contribution >= 4 is 40.0 Å². The number of nitrogens with one attached hydrogen (secondary N) is 1. The fourth-order valence-corrected chi connectivity index (χ4v) is 5.47. The van der Waals surface area contributed by atoms with Crippen LogP contribution >= 0.6 is 0 Å². The van der Waals surface area contributed by atoms with Gasteiger partial charge in [-0.15, -0.1) is 0 Å². The summed E-state index contributed by atoms with van der Waals surface area (Å²) in [6, 6.07) is 8.06. The van der Waals surface area contributed by atoms with Gasteiger partial charge in [0.1, 0.15) is 29.8 Å². The van der Waals surface area contributed by atoms with Gasteiger partial charge in [0.05, 0.1) is 11.7 Å². The Bertz CT molecular complexity index is 1450. The van der Waals surface area contributed by atoms with Crippen LogP contribution in [0.5, 0.6) is 5.75 Å². The van der Waals surface area contributed by atoms with Gasteiger partial charge < -0.3 is 24.8 Å². The van der Waals surface area contributed by atoms with Crippen LogP contribution in [0.1, 0.15) is 45.6 Å². The Hall–Kier alpha value is -4.21. The largest absolute Gasteiger partial charge is 0.490 e. The number of rotatable bonds is 7. The number of aromatic nitrogens is 3. The molecule has 1 N–H and O–H groups in total. The Labute approximate surface area is 247 Å².